The lowest BCUT2D eigenvalue weighted by molar-refractivity contribution is 0.103. The molecule has 0 fully saturated rings. The van der Waals surface area contributed by atoms with E-state index in [1.165, 1.54) is 0 Å². The summed E-state index contributed by atoms with van der Waals surface area (Å²) in [4.78, 5) is 33.5. The molecule has 2 aromatic carbocycles. The van der Waals surface area contributed by atoms with Crippen LogP contribution in [0.1, 0.15) is 15.9 Å². The third-order valence-electron chi connectivity index (χ3n) is 3.59. The van der Waals surface area contributed by atoms with Crippen molar-refractivity contribution in [2.45, 2.75) is 0 Å². The SMILES string of the molecule is O=C(c1ccccc1)c1ccc2nc3[nH]c(=O)[nH]c3cc2c1. The first kappa shape index (κ1) is 12.5. The topological polar surface area (TPSA) is 78.6 Å². The number of fused-ring (bicyclic) bond motifs is 2. The van der Waals surface area contributed by atoms with Crippen molar-refractivity contribution in [3.63, 3.8) is 0 Å². The minimum absolute atomic E-state index is 0.0369. The molecule has 2 N–H and O–H groups in total. The number of nitrogens with zero attached hydrogens (tertiary/aromatic N) is 1. The van der Waals surface area contributed by atoms with Gasteiger partial charge in [-0.05, 0) is 24.3 Å². The molecular formula is C17H11N3O2. The molecule has 0 aliphatic heterocycles. The number of aromatic nitrogens is 3. The van der Waals surface area contributed by atoms with Gasteiger partial charge in [0, 0.05) is 16.5 Å². The van der Waals surface area contributed by atoms with E-state index in [0.717, 1.165) is 10.9 Å². The fourth-order valence-electron chi connectivity index (χ4n) is 2.53. The molecule has 106 valence electrons. The highest BCUT2D eigenvalue weighted by Gasteiger charge is 2.10. The minimum atomic E-state index is -0.293. The van der Waals surface area contributed by atoms with Crippen LogP contribution in [-0.4, -0.2) is 20.7 Å². The largest absolute Gasteiger partial charge is 0.325 e. The normalized spacial score (nSPS) is 11.1. The molecule has 0 saturated heterocycles. The van der Waals surface area contributed by atoms with E-state index >= 15 is 0 Å². The molecule has 0 radical (unpaired) electrons. The summed E-state index contributed by atoms with van der Waals surface area (Å²) >= 11 is 0. The predicted molar refractivity (Wildman–Crippen MR) is 84.1 cm³/mol. The van der Waals surface area contributed by atoms with E-state index in [2.05, 4.69) is 15.0 Å². The molecule has 0 saturated carbocycles. The van der Waals surface area contributed by atoms with Crippen LogP contribution in [0.5, 0.6) is 0 Å². The second kappa shape index (κ2) is 4.66. The van der Waals surface area contributed by atoms with Gasteiger partial charge in [-0.15, -0.1) is 0 Å². The van der Waals surface area contributed by atoms with Gasteiger partial charge >= 0.3 is 5.69 Å². The number of hydrogen-bond donors (Lipinski definition) is 2. The highest BCUT2D eigenvalue weighted by molar-refractivity contribution is 6.10. The second-order valence-corrected chi connectivity index (χ2v) is 5.07. The summed E-state index contributed by atoms with van der Waals surface area (Å²) in [5, 5.41) is 0.810. The fraction of sp³-hybridized carbons (Fsp3) is 0. The van der Waals surface area contributed by atoms with Crippen molar-refractivity contribution in [2.75, 3.05) is 0 Å². The van der Waals surface area contributed by atoms with E-state index in [-0.39, 0.29) is 11.5 Å². The van der Waals surface area contributed by atoms with Crippen LogP contribution in [-0.2, 0) is 0 Å². The Morgan fingerprint density at radius 1 is 0.909 bits per heavy atom. The Morgan fingerprint density at radius 3 is 2.55 bits per heavy atom. The summed E-state index contributed by atoms with van der Waals surface area (Å²) in [6.07, 6.45) is 0. The first-order valence-electron chi connectivity index (χ1n) is 6.83. The van der Waals surface area contributed by atoms with E-state index in [0.29, 0.717) is 22.3 Å². The quantitative estimate of drug-likeness (QED) is 0.557. The molecule has 0 bridgehead atoms. The van der Waals surface area contributed by atoms with Gasteiger partial charge in [-0.3, -0.25) is 9.78 Å². The maximum absolute atomic E-state index is 12.5. The van der Waals surface area contributed by atoms with Crippen molar-refractivity contribution in [2.24, 2.45) is 0 Å². The summed E-state index contributed by atoms with van der Waals surface area (Å²) in [5.74, 6) is -0.0369. The van der Waals surface area contributed by atoms with Crippen LogP contribution in [0, 0.1) is 0 Å². The Kier molecular flexibility index (Phi) is 2.66. The minimum Gasteiger partial charge on any atom is -0.304 e. The molecule has 0 amide bonds. The van der Waals surface area contributed by atoms with Crippen LogP contribution in [0.25, 0.3) is 22.1 Å². The molecule has 4 rings (SSSR count). The lowest BCUT2D eigenvalue weighted by Crippen LogP contribution is -2.00. The van der Waals surface area contributed by atoms with E-state index in [1.807, 2.05) is 24.3 Å². The highest BCUT2D eigenvalue weighted by atomic mass is 16.1. The monoisotopic (exact) mass is 289 g/mol. The molecule has 2 aromatic heterocycles. The second-order valence-electron chi connectivity index (χ2n) is 5.07. The molecule has 5 heteroatoms. The number of carbonyl (C=O) groups is 1. The van der Waals surface area contributed by atoms with Gasteiger partial charge in [-0.1, -0.05) is 30.3 Å². The molecule has 4 aromatic rings. The van der Waals surface area contributed by atoms with E-state index in [4.69, 9.17) is 0 Å². The maximum Gasteiger partial charge on any atom is 0.325 e. The number of benzene rings is 2. The van der Waals surface area contributed by atoms with Gasteiger partial charge in [0.2, 0.25) is 0 Å². The Morgan fingerprint density at radius 2 is 1.73 bits per heavy atom. The average molecular weight is 289 g/mol. The summed E-state index contributed by atoms with van der Waals surface area (Å²) in [7, 11) is 0. The van der Waals surface area contributed by atoms with Crippen LogP contribution in [0.2, 0.25) is 0 Å². The van der Waals surface area contributed by atoms with Crippen molar-refractivity contribution in [3.05, 3.63) is 76.2 Å². The van der Waals surface area contributed by atoms with Gasteiger partial charge < -0.3 is 4.98 Å². The number of rotatable bonds is 2. The molecule has 0 aliphatic rings. The van der Waals surface area contributed by atoms with Gasteiger partial charge in [-0.2, -0.15) is 0 Å². The van der Waals surface area contributed by atoms with Crippen LogP contribution in [0.15, 0.2) is 59.4 Å². The van der Waals surface area contributed by atoms with Gasteiger partial charge in [0.15, 0.2) is 11.4 Å². The molecule has 0 atom stereocenters. The lowest BCUT2D eigenvalue weighted by Gasteiger charge is -2.03. The number of pyridine rings is 1. The number of aromatic amines is 2. The van der Waals surface area contributed by atoms with Crippen LogP contribution < -0.4 is 5.69 Å². The number of carbonyl (C=O) groups excluding carboxylic acids is 1. The molecule has 0 spiro atoms. The van der Waals surface area contributed by atoms with Crippen molar-refractivity contribution < 1.29 is 4.79 Å². The van der Waals surface area contributed by atoms with Crippen molar-refractivity contribution in [1.82, 2.24) is 15.0 Å². The number of ketones is 1. The first-order chi connectivity index (χ1) is 10.7. The molecule has 0 unspecified atom stereocenters. The lowest BCUT2D eigenvalue weighted by atomic mass is 10.0. The summed E-state index contributed by atoms with van der Waals surface area (Å²) < 4.78 is 0. The van der Waals surface area contributed by atoms with Crippen LogP contribution >= 0.6 is 0 Å². The first-order valence-corrected chi connectivity index (χ1v) is 6.83. The number of imidazole rings is 1. The van der Waals surface area contributed by atoms with Crippen LogP contribution in [0.3, 0.4) is 0 Å². The molecular weight excluding hydrogens is 278 g/mol. The van der Waals surface area contributed by atoms with E-state index in [1.54, 1.807) is 30.3 Å². The summed E-state index contributed by atoms with van der Waals surface area (Å²) in [5.41, 5.74) is 2.82. The molecule has 2 heterocycles. The Bertz CT molecular complexity index is 1060. The Labute approximate surface area is 124 Å². The third kappa shape index (κ3) is 2.00. The number of hydrogen-bond acceptors (Lipinski definition) is 3. The van der Waals surface area contributed by atoms with E-state index in [9.17, 15) is 9.59 Å². The third-order valence-corrected chi connectivity index (χ3v) is 3.59. The summed E-state index contributed by atoms with van der Waals surface area (Å²) in [6, 6.07) is 16.3. The number of nitrogens with one attached hydrogen (secondary N) is 2. The van der Waals surface area contributed by atoms with Gasteiger partial charge in [0.25, 0.3) is 0 Å². The predicted octanol–water partition coefficient (Wildman–Crippen LogP) is 2.64. The zero-order chi connectivity index (χ0) is 15.1. The smallest absolute Gasteiger partial charge is 0.304 e. The highest BCUT2D eigenvalue weighted by Crippen LogP contribution is 2.19. The van der Waals surface area contributed by atoms with Gasteiger partial charge in [0.05, 0.1) is 11.0 Å². The average Bonchev–Trinajstić information content (AvgIpc) is 2.91. The molecule has 22 heavy (non-hydrogen) atoms. The zero-order valence-electron chi connectivity index (χ0n) is 11.5. The van der Waals surface area contributed by atoms with E-state index < -0.39 is 0 Å². The summed E-state index contributed by atoms with van der Waals surface area (Å²) in [6.45, 7) is 0. The van der Waals surface area contributed by atoms with Crippen LogP contribution in [0.4, 0.5) is 0 Å². The fourth-order valence-corrected chi connectivity index (χ4v) is 2.53. The molecule has 0 aliphatic carbocycles. The maximum atomic E-state index is 12.5. The Hall–Kier alpha value is -3.21. The number of H-pyrrole nitrogens is 2. The van der Waals surface area contributed by atoms with Crippen molar-refractivity contribution in [3.8, 4) is 0 Å². The van der Waals surface area contributed by atoms with Gasteiger partial charge in [-0.25, -0.2) is 9.78 Å². The zero-order valence-corrected chi connectivity index (χ0v) is 11.5. The van der Waals surface area contributed by atoms with Crippen molar-refractivity contribution >= 4 is 27.9 Å². The van der Waals surface area contributed by atoms with Crippen molar-refractivity contribution in [1.29, 1.82) is 0 Å². The molecule has 5 nitrogen and oxygen atoms in total. The standard InChI is InChI=1S/C17H11N3O2/c21-15(10-4-2-1-3-5-10)11-6-7-13-12(8-11)9-14-16(18-13)20-17(22)19-14/h1-9H,(H2,18,19,20,22). The van der Waals surface area contributed by atoms with Gasteiger partial charge in [0.1, 0.15) is 0 Å². The Balaban J connectivity index is 1.87.